The molecular weight excluding hydrogens is 645 g/mol. The molecule has 0 radical (unpaired) electrons. The number of piperazine rings is 1. The third kappa shape index (κ3) is 16.7. The Morgan fingerprint density at radius 1 is 0.822 bits per heavy atom. The van der Waals surface area contributed by atoms with Gasteiger partial charge in [-0.05, 0) is 0 Å². The Balaban J connectivity index is 0.000000753. The highest BCUT2D eigenvalue weighted by molar-refractivity contribution is 5.73. The number of fused-ring (bicyclic) bond motifs is 1. The van der Waals surface area contributed by atoms with E-state index in [1.54, 1.807) is 0 Å². The van der Waals surface area contributed by atoms with Gasteiger partial charge >= 0.3 is 42.4 Å². The summed E-state index contributed by atoms with van der Waals surface area (Å²) in [6, 6.07) is 0.375. The van der Waals surface area contributed by atoms with Gasteiger partial charge in [-0.1, -0.05) is 6.08 Å². The van der Waals surface area contributed by atoms with Gasteiger partial charge in [0, 0.05) is 77.2 Å². The van der Waals surface area contributed by atoms with Gasteiger partial charge in [-0.3, -0.25) is 24.2 Å². The molecule has 13 nitrogen and oxygen atoms in total. The molecule has 1 aromatic rings. The van der Waals surface area contributed by atoms with Crippen LogP contribution in [0.1, 0.15) is 5.56 Å². The molecule has 2 fully saturated rings. The minimum atomic E-state index is -5.08. The van der Waals surface area contributed by atoms with Crippen molar-refractivity contribution in [2.24, 2.45) is 13.0 Å². The molecule has 45 heavy (non-hydrogen) atoms. The van der Waals surface area contributed by atoms with E-state index in [1.807, 2.05) is 24.0 Å². The van der Waals surface area contributed by atoms with Crippen molar-refractivity contribution < 1.29 is 79.1 Å². The monoisotopic (exact) mass is 675 g/mol. The number of aliphatic carboxylic acids is 4. The van der Waals surface area contributed by atoms with Crippen LogP contribution in [-0.4, -0.2) is 139 Å². The van der Waals surface area contributed by atoms with Crippen LogP contribution in [0.4, 0.5) is 39.5 Å². The topological polar surface area (TPSA) is 177 Å². The van der Waals surface area contributed by atoms with E-state index in [0.717, 1.165) is 39.3 Å². The Morgan fingerprint density at radius 2 is 1.27 bits per heavy atom. The van der Waals surface area contributed by atoms with E-state index in [4.69, 9.17) is 29.7 Å². The lowest BCUT2D eigenvalue weighted by molar-refractivity contribution is -0.193. The van der Waals surface area contributed by atoms with Gasteiger partial charge in [0.15, 0.2) is 0 Å². The lowest BCUT2D eigenvalue weighted by Gasteiger charge is -2.41. The molecule has 0 spiro atoms. The number of aryl methyl sites for hydroxylation is 1. The predicted molar refractivity (Wildman–Crippen MR) is 133 cm³/mol. The van der Waals surface area contributed by atoms with Crippen molar-refractivity contribution in [1.29, 1.82) is 0 Å². The number of nitrogens with zero attached hydrogens (tertiary/aromatic N) is 5. The Bertz CT molecular complexity index is 1080. The van der Waals surface area contributed by atoms with Crippen LogP contribution in [0.15, 0.2) is 25.0 Å². The summed E-state index contributed by atoms with van der Waals surface area (Å²) in [6.45, 7) is 10.5. The predicted octanol–water partition coefficient (Wildman–Crippen LogP) is 2.01. The van der Waals surface area contributed by atoms with Crippen LogP contribution in [0, 0.1) is 5.92 Å². The van der Waals surface area contributed by atoms with E-state index < -0.39 is 42.4 Å². The number of alkyl halides is 9. The fourth-order valence-electron chi connectivity index (χ4n) is 3.84. The normalized spacial score (nSPS) is 19.5. The van der Waals surface area contributed by atoms with Crippen LogP contribution in [-0.2, 0) is 32.8 Å². The van der Waals surface area contributed by atoms with E-state index in [0.29, 0.717) is 19.1 Å². The number of carboxylic acid groups (broad SMARTS) is 4. The van der Waals surface area contributed by atoms with Gasteiger partial charge in [0.25, 0.3) is 0 Å². The van der Waals surface area contributed by atoms with Crippen molar-refractivity contribution in [1.82, 2.24) is 24.5 Å². The molecule has 2 atom stereocenters. The number of halogens is 9. The van der Waals surface area contributed by atoms with Crippen molar-refractivity contribution in [3.63, 3.8) is 0 Å². The van der Waals surface area contributed by atoms with Gasteiger partial charge in [0.1, 0.15) is 0 Å². The molecule has 0 aromatic carbocycles. The van der Waals surface area contributed by atoms with E-state index in [1.165, 1.54) is 5.56 Å². The van der Waals surface area contributed by atoms with E-state index in [9.17, 15) is 49.4 Å². The van der Waals surface area contributed by atoms with Crippen LogP contribution in [0.2, 0.25) is 0 Å². The maximum absolute atomic E-state index is 11.5. The van der Waals surface area contributed by atoms with Crippen LogP contribution in [0.25, 0.3) is 0 Å². The molecule has 2 aliphatic heterocycles. The lowest BCUT2D eigenvalue weighted by Crippen LogP contribution is -2.55. The SMILES string of the molecule is C=CCN1CC(C(=O)O)CN2CCN(Cc3cnn(C)c3)CC2C1.O=C(O)C(F)(F)F.O=C(O)C(F)(F)F.O=C(O)C(F)(F)F. The zero-order chi connectivity index (χ0) is 35.3. The second-order valence-electron chi connectivity index (χ2n) is 9.36. The average Bonchev–Trinajstić information content (AvgIpc) is 3.18. The molecule has 3 heterocycles. The summed E-state index contributed by atoms with van der Waals surface area (Å²) in [5.74, 6) is -9.28. The molecule has 0 bridgehead atoms. The largest absolute Gasteiger partial charge is 0.490 e. The summed E-state index contributed by atoms with van der Waals surface area (Å²) in [4.78, 5) is 45.3. The smallest absolute Gasteiger partial charge is 0.481 e. The molecule has 0 amide bonds. The Morgan fingerprint density at radius 3 is 1.62 bits per heavy atom. The second-order valence-corrected chi connectivity index (χ2v) is 9.36. The molecule has 0 aliphatic carbocycles. The molecular formula is C23H30F9N5O8. The average molecular weight is 676 g/mol. The number of carbonyl (C=O) groups is 4. The summed E-state index contributed by atoms with van der Waals surface area (Å²) in [5, 5.41) is 35.1. The van der Waals surface area contributed by atoms with E-state index in [2.05, 4.69) is 32.6 Å². The van der Waals surface area contributed by atoms with Crippen LogP contribution >= 0.6 is 0 Å². The van der Waals surface area contributed by atoms with Crippen LogP contribution in [0.5, 0.6) is 0 Å². The van der Waals surface area contributed by atoms with Gasteiger partial charge in [-0.2, -0.15) is 44.6 Å². The lowest BCUT2D eigenvalue weighted by atomic mass is 10.1. The third-order valence-electron chi connectivity index (χ3n) is 5.72. The Kier molecular flexibility index (Phi) is 16.0. The van der Waals surface area contributed by atoms with Crippen molar-refractivity contribution in [2.45, 2.75) is 31.1 Å². The standard InChI is InChI=1S/C17H27N5O2.3C2HF3O2/c1-3-4-20-10-15(17(23)24)11-22-6-5-21(13-16(22)12-20)9-14-7-18-19(2)8-14;3*3-2(4,5)1(6)7/h3,7-8,15-16H,1,4-6,9-13H2,2H3,(H,23,24);3*(H,6,7). The third-order valence-corrected chi connectivity index (χ3v) is 5.72. The summed E-state index contributed by atoms with van der Waals surface area (Å²) in [7, 11) is 1.94. The molecule has 258 valence electrons. The molecule has 2 aliphatic rings. The minimum absolute atomic E-state index is 0.320. The Labute approximate surface area is 248 Å². The highest BCUT2D eigenvalue weighted by Gasteiger charge is 2.40. The summed E-state index contributed by atoms with van der Waals surface area (Å²) >= 11 is 0. The number of hydrogen-bond acceptors (Lipinski definition) is 8. The maximum atomic E-state index is 11.5. The fourth-order valence-corrected chi connectivity index (χ4v) is 3.84. The quantitative estimate of drug-likeness (QED) is 0.264. The molecule has 3 rings (SSSR count). The van der Waals surface area contributed by atoms with Gasteiger partial charge in [0.2, 0.25) is 0 Å². The summed E-state index contributed by atoms with van der Waals surface area (Å²) < 4.78 is 97.0. The first-order valence-corrected chi connectivity index (χ1v) is 12.3. The van der Waals surface area contributed by atoms with Crippen LogP contribution < -0.4 is 0 Å². The van der Waals surface area contributed by atoms with Crippen LogP contribution in [0.3, 0.4) is 0 Å². The van der Waals surface area contributed by atoms with Gasteiger partial charge < -0.3 is 20.4 Å². The molecule has 2 unspecified atom stereocenters. The number of aromatic nitrogens is 2. The first kappa shape index (κ1) is 41.1. The van der Waals surface area contributed by atoms with E-state index in [-0.39, 0.29) is 5.92 Å². The fraction of sp³-hybridized carbons (Fsp3) is 0.609. The van der Waals surface area contributed by atoms with Gasteiger partial charge in [-0.15, -0.1) is 6.58 Å². The number of carboxylic acids is 4. The first-order chi connectivity index (χ1) is 20.4. The summed E-state index contributed by atoms with van der Waals surface area (Å²) in [6.07, 6.45) is -9.40. The Hall–Kier alpha value is -3.92. The van der Waals surface area contributed by atoms with Crippen molar-refractivity contribution in [2.75, 3.05) is 45.8 Å². The zero-order valence-corrected chi connectivity index (χ0v) is 23.3. The molecule has 1 aromatic heterocycles. The first-order valence-electron chi connectivity index (χ1n) is 12.3. The van der Waals surface area contributed by atoms with Gasteiger partial charge in [-0.25, -0.2) is 14.4 Å². The number of rotatable bonds is 5. The van der Waals surface area contributed by atoms with Crippen molar-refractivity contribution in [3.05, 3.63) is 30.6 Å². The maximum Gasteiger partial charge on any atom is 0.490 e. The zero-order valence-electron chi connectivity index (χ0n) is 23.3. The van der Waals surface area contributed by atoms with Crippen molar-refractivity contribution >= 4 is 23.9 Å². The van der Waals surface area contributed by atoms with Gasteiger partial charge in [0.05, 0.1) is 12.1 Å². The highest BCUT2D eigenvalue weighted by atomic mass is 19.4. The molecule has 0 saturated carbocycles. The molecule has 4 N–H and O–H groups in total. The minimum Gasteiger partial charge on any atom is -0.481 e. The highest BCUT2D eigenvalue weighted by Crippen LogP contribution is 2.20. The summed E-state index contributed by atoms with van der Waals surface area (Å²) in [5.41, 5.74) is 1.23. The number of hydrogen-bond donors (Lipinski definition) is 4. The molecule has 22 heteroatoms. The molecule has 2 saturated heterocycles. The second kappa shape index (κ2) is 17.5. The van der Waals surface area contributed by atoms with E-state index >= 15 is 0 Å². The van der Waals surface area contributed by atoms with Crippen molar-refractivity contribution in [3.8, 4) is 0 Å².